The van der Waals surface area contributed by atoms with Gasteiger partial charge in [0.05, 0.1) is 25.4 Å². The van der Waals surface area contributed by atoms with Gasteiger partial charge in [0.15, 0.2) is 17.0 Å². The van der Waals surface area contributed by atoms with Crippen LogP contribution < -0.4 is 5.32 Å². The number of hydrogen-bond acceptors (Lipinski definition) is 11. The Kier molecular flexibility index (Phi) is 6.64. The van der Waals surface area contributed by atoms with Gasteiger partial charge in [0.1, 0.15) is 24.8 Å². The predicted octanol–water partition coefficient (Wildman–Crippen LogP) is 0.687. The minimum absolute atomic E-state index is 0.0476. The highest BCUT2D eigenvalue weighted by Crippen LogP contribution is 2.34. The number of carbonyl (C=O) groups excluding carboxylic acids is 1. The number of nitrogens with one attached hydrogen (secondary N) is 1. The Morgan fingerprint density at radius 1 is 1.12 bits per heavy atom. The van der Waals surface area contributed by atoms with Gasteiger partial charge in [-0.05, 0) is 12.1 Å². The van der Waals surface area contributed by atoms with Crippen molar-refractivity contribution in [3.05, 3.63) is 48.5 Å². The molecule has 4 rings (SSSR count). The Morgan fingerprint density at radius 2 is 1.85 bits per heavy atom. The van der Waals surface area contributed by atoms with Crippen LogP contribution in [0.25, 0.3) is 11.2 Å². The summed E-state index contributed by atoms with van der Waals surface area (Å²) < 4.78 is 63.4. The molecular formula is C19H21N5O8S2. The van der Waals surface area contributed by atoms with Crippen LogP contribution >= 0.6 is 0 Å². The molecule has 1 fully saturated rings. The first-order valence-electron chi connectivity index (χ1n) is 9.92. The summed E-state index contributed by atoms with van der Waals surface area (Å²) in [4.78, 5) is 25.1. The number of fused-ring (bicyclic) bond motifs is 1. The molecular weight excluding hydrogens is 490 g/mol. The SMILES string of the molecule is CS(=O)(=O)OC[C@H]1O[C@@H](n2cnc3c(NC(=O)c4ccccc4)ncnc32)C[C@@H]1OS(C)(=O)=O. The van der Waals surface area contributed by atoms with Crippen molar-refractivity contribution >= 4 is 43.1 Å². The average Bonchev–Trinajstić information content (AvgIpc) is 3.35. The Labute approximate surface area is 195 Å². The Bertz CT molecular complexity index is 1410. The van der Waals surface area contributed by atoms with E-state index in [2.05, 4.69) is 20.3 Å². The topological polar surface area (TPSA) is 169 Å². The third-order valence-electron chi connectivity index (χ3n) is 4.86. The summed E-state index contributed by atoms with van der Waals surface area (Å²) in [6.45, 7) is -0.435. The van der Waals surface area contributed by atoms with E-state index in [-0.39, 0.29) is 23.7 Å². The summed E-state index contributed by atoms with van der Waals surface area (Å²) in [5.74, 6) is -0.205. The number of hydrogen-bond donors (Lipinski definition) is 1. The van der Waals surface area contributed by atoms with Crippen LogP contribution in [-0.2, 0) is 33.3 Å². The van der Waals surface area contributed by atoms with Gasteiger partial charge in [0.2, 0.25) is 0 Å². The normalized spacial score (nSPS) is 21.1. The number of nitrogens with zero attached hydrogens (tertiary/aromatic N) is 4. The zero-order chi connectivity index (χ0) is 24.5. The fourth-order valence-electron chi connectivity index (χ4n) is 3.46. The zero-order valence-corrected chi connectivity index (χ0v) is 19.7. The molecule has 15 heteroatoms. The van der Waals surface area contributed by atoms with E-state index >= 15 is 0 Å². The molecule has 1 aliphatic heterocycles. The van der Waals surface area contributed by atoms with Crippen LogP contribution in [0.15, 0.2) is 43.0 Å². The largest absolute Gasteiger partial charge is 0.349 e. The number of anilines is 1. The first kappa shape index (κ1) is 24.2. The maximum Gasteiger partial charge on any atom is 0.264 e. The lowest BCUT2D eigenvalue weighted by atomic mass is 10.2. The van der Waals surface area contributed by atoms with E-state index in [9.17, 15) is 21.6 Å². The molecule has 1 N–H and O–H groups in total. The molecule has 13 nitrogen and oxygen atoms in total. The summed E-state index contributed by atoms with van der Waals surface area (Å²) >= 11 is 0. The molecule has 182 valence electrons. The number of ether oxygens (including phenoxy) is 1. The quantitative estimate of drug-likeness (QED) is 0.422. The summed E-state index contributed by atoms with van der Waals surface area (Å²) in [6, 6.07) is 8.56. The molecule has 1 aromatic carbocycles. The molecule has 34 heavy (non-hydrogen) atoms. The van der Waals surface area contributed by atoms with E-state index in [4.69, 9.17) is 13.1 Å². The van der Waals surface area contributed by atoms with E-state index in [1.54, 1.807) is 30.3 Å². The molecule has 3 atom stereocenters. The van der Waals surface area contributed by atoms with E-state index in [1.165, 1.54) is 17.2 Å². The summed E-state index contributed by atoms with van der Waals surface area (Å²) in [5.41, 5.74) is 1.03. The lowest BCUT2D eigenvalue weighted by Gasteiger charge is -2.17. The van der Waals surface area contributed by atoms with E-state index in [0.717, 1.165) is 12.5 Å². The number of carbonyl (C=O) groups is 1. The van der Waals surface area contributed by atoms with Crippen molar-refractivity contribution in [2.24, 2.45) is 0 Å². The predicted molar refractivity (Wildman–Crippen MR) is 119 cm³/mol. The molecule has 0 spiro atoms. The molecule has 1 saturated heterocycles. The second kappa shape index (κ2) is 9.34. The maximum absolute atomic E-state index is 12.5. The van der Waals surface area contributed by atoms with Crippen molar-refractivity contribution in [2.75, 3.05) is 24.4 Å². The highest BCUT2D eigenvalue weighted by Gasteiger charge is 2.40. The van der Waals surface area contributed by atoms with Crippen molar-refractivity contribution in [1.29, 1.82) is 0 Å². The van der Waals surface area contributed by atoms with Crippen LogP contribution in [0.1, 0.15) is 23.0 Å². The van der Waals surface area contributed by atoms with Crippen LogP contribution in [0.4, 0.5) is 5.82 Å². The van der Waals surface area contributed by atoms with Gasteiger partial charge >= 0.3 is 0 Å². The summed E-state index contributed by atoms with van der Waals surface area (Å²) in [7, 11) is -7.65. The molecule has 0 bridgehead atoms. The minimum atomic E-state index is -3.86. The monoisotopic (exact) mass is 511 g/mol. The van der Waals surface area contributed by atoms with Crippen LogP contribution in [0, 0.1) is 0 Å². The van der Waals surface area contributed by atoms with Gasteiger partial charge < -0.3 is 10.1 Å². The van der Waals surface area contributed by atoms with Crippen LogP contribution in [-0.4, -0.2) is 73.6 Å². The molecule has 0 unspecified atom stereocenters. The van der Waals surface area contributed by atoms with E-state index in [1.807, 2.05) is 0 Å². The molecule has 0 aliphatic carbocycles. The second-order valence-electron chi connectivity index (χ2n) is 7.56. The van der Waals surface area contributed by atoms with Crippen molar-refractivity contribution in [3.63, 3.8) is 0 Å². The highest BCUT2D eigenvalue weighted by atomic mass is 32.2. The second-order valence-corrected chi connectivity index (χ2v) is 10.8. The molecule has 3 aromatic rings. The number of amides is 1. The smallest absolute Gasteiger partial charge is 0.264 e. The molecule has 0 radical (unpaired) electrons. The van der Waals surface area contributed by atoms with Gasteiger partial charge in [-0.15, -0.1) is 0 Å². The molecule has 0 saturated carbocycles. The van der Waals surface area contributed by atoms with Crippen molar-refractivity contribution in [2.45, 2.75) is 24.9 Å². The highest BCUT2D eigenvalue weighted by molar-refractivity contribution is 7.86. The lowest BCUT2D eigenvalue weighted by molar-refractivity contribution is -0.0321. The van der Waals surface area contributed by atoms with Crippen LogP contribution in [0.3, 0.4) is 0 Å². The Morgan fingerprint density at radius 3 is 2.53 bits per heavy atom. The number of aromatic nitrogens is 4. The van der Waals surface area contributed by atoms with Crippen molar-refractivity contribution in [1.82, 2.24) is 19.5 Å². The fraction of sp³-hybridized carbons (Fsp3) is 0.368. The fourth-order valence-corrected chi connectivity index (χ4v) is 4.49. The summed E-state index contributed by atoms with van der Waals surface area (Å²) in [6.07, 6.45) is 1.66. The van der Waals surface area contributed by atoms with Gasteiger partial charge in [0, 0.05) is 12.0 Å². The van der Waals surface area contributed by atoms with E-state index in [0.29, 0.717) is 11.2 Å². The maximum atomic E-state index is 12.5. The third-order valence-corrected chi connectivity index (χ3v) is 6.02. The third kappa shape index (κ3) is 5.74. The minimum Gasteiger partial charge on any atom is -0.349 e. The zero-order valence-electron chi connectivity index (χ0n) is 18.1. The number of imidazole rings is 1. The van der Waals surface area contributed by atoms with Crippen LogP contribution in [0.5, 0.6) is 0 Å². The van der Waals surface area contributed by atoms with E-state index < -0.39 is 45.3 Å². The lowest BCUT2D eigenvalue weighted by Crippen LogP contribution is -2.31. The van der Waals surface area contributed by atoms with Gasteiger partial charge in [-0.2, -0.15) is 16.8 Å². The first-order valence-corrected chi connectivity index (χ1v) is 13.6. The number of benzene rings is 1. The van der Waals surface area contributed by atoms with Gasteiger partial charge in [0.25, 0.3) is 26.1 Å². The first-order chi connectivity index (χ1) is 16.0. The average molecular weight is 512 g/mol. The summed E-state index contributed by atoms with van der Waals surface area (Å²) in [5, 5.41) is 2.69. The standard InChI is InChI=1S/C19H21N5O8S2/c1-33(26,27)30-9-14-13(32-34(2,28)29)8-15(31-14)24-11-22-16-17(20-10-21-18(16)24)23-19(25)12-6-4-3-5-7-12/h3-7,10-11,13-15H,8-9H2,1-2H3,(H,20,21,23,25)/t13-,14+,15+/m0/s1. The number of rotatable bonds is 8. The van der Waals surface area contributed by atoms with Gasteiger partial charge in [-0.3, -0.25) is 17.7 Å². The van der Waals surface area contributed by atoms with Crippen molar-refractivity contribution < 1.29 is 34.7 Å². The molecule has 3 heterocycles. The molecule has 1 amide bonds. The molecule has 1 aliphatic rings. The Balaban J connectivity index is 1.59. The Hall–Kier alpha value is -2.98. The molecule has 2 aromatic heterocycles. The van der Waals surface area contributed by atoms with Gasteiger partial charge in [-0.25, -0.2) is 15.0 Å². The van der Waals surface area contributed by atoms with Gasteiger partial charge in [-0.1, -0.05) is 18.2 Å². The van der Waals surface area contributed by atoms with Crippen molar-refractivity contribution in [3.8, 4) is 0 Å². The van der Waals surface area contributed by atoms with Crippen LogP contribution in [0.2, 0.25) is 0 Å².